The first-order valence-electron chi connectivity index (χ1n) is 5.23. The van der Waals surface area contributed by atoms with E-state index in [9.17, 15) is 9.59 Å². The Hall–Kier alpha value is -1.55. The number of alkyl halides is 1. The maximum atomic E-state index is 11.6. The van der Waals surface area contributed by atoms with Crippen LogP contribution in [0.25, 0.3) is 0 Å². The fraction of sp³-hybridized carbons (Fsp3) is 0.333. The second kappa shape index (κ2) is 6.91. The molecule has 1 amide bonds. The molecule has 2 N–H and O–H groups in total. The van der Waals surface area contributed by atoms with Crippen LogP contribution < -0.4 is 5.32 Å². The number of rotatable bonds is 6. The summed E-state index contributed by atoms with van der Waals surface area (Å²) < 4.78 is 0. The summed E-state index contributed by atoms with van der Waals surface area (Å²) in [5.41, 5.74) is 1.00. The van der Waals surface area contributed by atoms with Crippen molar-refractivity contribution >= 4 is 23.5 Å². The highest BCUT2D eigenvalue weighted by Crippen LogP contribution is 2.10. The summed E-state index contributed by atoms with van der Waals surface area (Å²) in [7, 11) is 0. The maximum absolute atomic E-state index is 11.6. The fourth-order valence-corrected chi connectivity index (χ4v) is 1.67. The zero-order valence-corrected chi connectivity index (χ0v) is 9.98. The molecule has 0 radical (unpaired) electrons. The number of amides is 1. The summed E-state index contributed by atoms with van der Waals surface area (Å²) in [6.45, 7) is -0.374. The van der Waals surface area contributed by atoms with Gasteiger partial charge in [-0.15, -0.1) is 11.6 Å². The molecule has 1 aromatic carbocycles. The van der Waals surface area contributed by atoms with Gasteiger partial charge in [0.1, 0.15) is 6.54 Å². The highest BCUT2D eigenvalue weighted by Gasteiger charge is 2.18. The molecule has 92 valence electrons. The third kappa shape index (κ3) is 4.87. The third-order valence-corrected chi connectivity index (χ3v) is 2.67. The van der Waals surface area contributed by atoms with E-state index in [2.05, 4.69) is 5.32 Å². The van der Waals surface area contributed by atoms with Crippen molar-refractivity contribution in [1.82, 2.24) is 5.32 Å². The molecule has 0 heterocycles. The molecule has 0 spiro atoms. The molecule has 1 rings (SSSR count). The van der Waals surface area contributed by atoms with Crippen molar-refractivity contribution in [2.24, 2.45) is 5.92 Å². The minimum Gasteiger partial charge on any atom is -0.480 e. The van der Waals surface area contributed by atoms with Crippen LogP contribution in [-0.4, -0.2) is 29.4 Å². The molecular weight excluding hydrogens is 242 g/mol. The van der Waals surface area contributed by atoms with Crippen molar-refractivity contribution in [1.29, 1.82) is 0 Å². The minimum absolute atomic E-state index is 0.167. The molecule has 0 bridgehead atoms. The van der Waals surface area contributed by atoms with Gasteiger partial charge >= 0.3 is 5.97 Å². The summed E-state index contributed by atoms with van der Waals surface area (Å²) >= 11 is 5.72. The van der Waals surface area contributed by atoms with Crippen LogP contribution in [0, 0.1) is 5.92 Å². The molecule has 0 aliphatic heterocycles. The van der Waals surface area contributed by atoms with Crippen molar-refractivity contribution in [3.63, 3.8) is 0 Å². The number of carboxylic acids is 1. The molecular formula is C12H14ClNO3. The van der Waals surface area contributed by atoms with Crippen LogP contribution in [0.5, 0.6) is 0 Å². The first-order valence-corrected chi connectivity index (χ1v) is 5.76. The van der Waals surface area contributed by atoms with E-state index in [-0.39, 0.29) is 18.3 Å². The summed E-state index contributed by atoms with van der Waals surface area (Å²) in [6.07, 6.45) is 0.510. The van der Waals surface area contributed by atoms with E-state index >= 15 is 0 Å². The Kier molecular flexibility index (Phi) is 5.49. The van der Waals surface area contributed by atoms with Gasteiger partial charge in [-0.2, -0.15) is 0 Å². The smallest absolute Gasteiger partial charge is 0.322 e. The molecule has 1 atom stereocenters. The average molecular weight is 256 g/mol. The highest BCUT2D eigenvalue weighted by atomic mass is 35.5. The maximum Gasteiger partial charge on any atom is 0.322 e. The lowest BCUT2D eigenvalue weighted by Gasteiger charge is -2.13. The van der Waals surface area contributed by atoms with Crippen LogP contribution in [-0.2, 0) is 16.0 Å². The van der Waals surface area contributed by atoms with Gasteiger partial charge in [0.15, 0.2) is 0 Å². The Bertz CT molecular complexity index is 381. The van der Waals surface area contributed by atoms with E-state index < -0.39 is 11.9 Å². The van der Waals surface area contributed by atoms with E-state index in [0.717, 1.165) is 5.56 Å². The van der Waals surface area contributed by atoms with Crippen molar-refractivity contribution in [2.75, 3.05) is 12.4 Å². The van der Waals surface area contributed by atoms with Crippen molar-refractivity contribution in [3.8, 4) is 0 Å². The van der Waals surface area contributed by atoms with Gasteiger partial charge in [0.2, 0.25) is 5.91 Å². The first kappa shape index (κ1) is 13.5. The van der Waals surface area contributed by atoms with Crippen molar-refractivity contribution < 1.29 is 14.7 Å². The number of carbonyl (C=O) groups is 2. The summed E-state index contributed by atoms with van der Waals surface area (Å²) in [4.78, 5) is 21.9. The molecule has 17 heavy (non-hydrogen) atoms. The van der Waals surface area contributed by atoms with Gasteiger partial charge in [-0.25, -0.2) is 0 Å². The predicted octanol–water partition coefficient (Wildman–Crippen LogP) is 1.28. The van der Waals surface area contributed by atoms with Gasteiger partial charge in [0.05, 0.1) is 5.92 Å². The second-order valence-corrected chi connectivity index (χ2v) is 3.96. The van der Waals surface area contributed by atoms with Crippen molar-refractivity contribution in [3.05, 3.63) is 35.9 Å². The summed E-state index contributed by atoms with van der Waals surface area (Å²) in [6, 6.07) is 9.48. The van der Waals surface area contributed by atoms with Crippen LogP contribution in [0.2, 0.25) is 0 Å². The Morgan fingerprint density at radius 1 is 1.29 bits per heavy atom. The topological polar surface area (TPSA) is 66.4 Å². The van der Waals surface area contributed by atoms with Gasteiger partial charge in [-0.05, 0) is 12.0 Å². The quantitative estimate of drug-likeness (QED) is 0.753. The molecule has 0 saturated heterocycles. The van der Waals surface area contributed by atoms with Crippen LogP contribution in [0.15, 0.2) is 30.3 Å². The number of aliphatic carboxylic acids is 1. The van der Waals surface area contributed by atoms with Crippen LogP contribution in [0.4, 0.5) is 0 Å². The molecule has 0 aliphatic rings. The molecule has 0 fully saturated rings. The highest BCUT2D eigenvalue weighted by molar-refractivity contribution is 6.19. The monoisotopic (exact) mass is 255 g/mol. The van der Waals surface area contributed by atoms with Crippen LogP contribution in [0.1, 0.15) is 5.56 Å². The van der Waals surface area contributed by atoms with E-state index in [1.807, 2.05) is 30.3 Å². The predicted molar refractivity (Wildman–Crippen MR) is 65.0 cm³/mol. The molecule has 5 heteroatoms. The Morgan fingerprint density at radius 3 is 2.47 bits per heavy atom. The Morgan fingerprint density at radius 2 is 1.94 bits per heavy atom. The van der Waals surface area contributed by atoms with Gasteiger partial charge in [-0.3, -0.25) is 9.59 Å². The molecule has 4 nitrogen and oxygen atoms in total. The van der Waals surface area contributed by atoms with E-state index in [1.54, 1.807) is 0 Å². The number of carbonyl (C=O) groups excluding carboxylic acids is 1. The Labute approximate surface area is 105 Å². The number of carboxylic acid groups (broad SMARTS) is 1. The summed E-state index contributed by atoms with van der Waals surface area (Å²) in [5, 5.41) is 10.8. The van der Waals surface area contributed by atoms with Crippen molar-refractivity contribution in [2.45, 2.75) is 6.42 Å². The largest absolute Gasteiger partial charge is 0.480 e. The molecule has 0 aromatic heterocycles. The van der Waals surface area contributed by atoms with Gasteiger partial charge in [0.25, 0.3) is 0 Å². The Balaban J connectivity index is 2.53. The normalized spacial score (nSPS) is 11.8. The number of halogens is 1. The first-order chi connectivity index (χ1) is 8.13. The number of hydrogen-bond donors (Lipinski definition) is 2. The average Bonchev–Trinajstić information content (AvgIpc) is 2.34. The lowest BCUT2D eigenvalue weighted by molar-refractivity contribution is -0.138. The zero-order valence-electron chi connectivity index (χ0n) is 9.23. The molecule has 1 aromatic rings. The number of benzene rings is 1. The number of hydrogen-bond acceptors (Lipinski definition) is 2. The molecule has 0 aliphatic carbocycles. The fourth-order valence-electron chi connectivity index (χ4n) is 1.42. The van der Waals surface area contributed by atoms with Gasteiger partial charge in [0, 0.05) is 5.88 Å². The third-order valence-electron chi connectivity index (χ3n) is 2.30. The van der Waals surface area contributed by atoms with Crippen LogP contribution in [0.3, 0.4) is 0 Å². The lowest BCUT2D eigenvalue weighted by Crippen LogP contribution is -2.36. The van der Waals surface area contributed by atoms with Gasteiger partial charge in [-0.1, -0.05) is 30.3 Å². The van der Waals surface area contributed by atoms with E-state index in [4.69, 9.17) is 16.7 Å². The zero-order chi connectivity index (χ0) is 12.7. The minimum atomic E-state index is -1.06. The van der Waals surface area contributed by atoms with Gasteiger partial charge < -0.3 is 10.4 Å². The SMILES string of the molecule is O=C(O)CNC(=O)[C@@H](CCl)Cc1ccccc1. The second-order valence-electron chi connectivity index (χ2n) is 3.65. The number of nitrogens with one attached hydrogen (secondary N) is 1. The van der Waals surface area contributed by atoms with E-state index in [1.165, 1.54) is 0 Å². The molecule has 0 unspecified atom stereocenters. The van der Waals surface area contributed by atoms with E-state index in [0.29, 0.717) is 6.42 Å². The van der Waals surface area contributed by atoms with Crippen LogP contribution >= 0.6 is 11.6 Å². The molecule has 0 saturated carbocycles. The summed E-state index contributed by atoms with van der Waals surface area (Å²) in [5.74, 6) is -1.63. The lowest BCUT2D eigenvalue weighted by atomic mass is 10.0. The standard InChI is InChI=1S/C12H14ClNO3/c13-7-10(12(17)14-8-11(15)16)6-9-4-2-1-3-5-9/h1-5,10H,6-8H2,(H,14,17)(H,15,16)/t10-/m1/s1.